The molecule has 0 saturated carbocycles. The topological polar surface area (TPSA) is 57.0 Å². The maximum absolute atomic E-state index is 12.3. The van der Waals surface area contributed by atoms with Gasteiger partial charge in [0.05, 0.1) is 0 Å². The molecule has 3 aromatic rings. The fourth-order valence-electron chi connectivity index (χ4n) is 2.33. The van der Waals surface area contributed by atoms with Crippen LogP contribution >= 0.6 is 0 Å². The number of carbonyl (C=O) groups excluding carboxylic acids is 1. The van der Waals surface area contributed by atoms with Gasteiger partial charge in [0, 0.05) is 5.56 Å². The molecule has 0 aliphatic carbocycles. The van der Waals surface area contributed by atoms with E-state index in [2.05, 4.69) is 10.1 Å². The summed E-state index contributed by atoms with van der Waals surface area (Å²) in [6, 6.07) is 15.5. The predicted octanol–water partition coefficient (Wildman–Crippen LogP) is 3.05. The van der Waals surface area contributed by atoms with Gasteiger partial charge in [-0.3, -0.25) is 4.79 Å². The third-order valence-electron chi connectivity index (χ3n) is 3.52. The van der Waals surface area contributed by atoms with Gasteiger partial charge in [0.15, 0.2) is 5.78 Å². The molecule has 5 heteroatoms. The number of carbonyl (C=O) groups is 1. The van der Waals surface area contributed by atoms with Gasteiger partial charge in [0.1, 0.15) is 31.6 Å². The molecule has 0 aliphatic heterocycles. The average Bonchev–Trinajstić information content (AvgIpc) is 3.07. The predicted molar refractivity (Wildman–Crippen MR) is 86.3 cm³/mol. The van der Waals surface area contributed by atoms with E-state index in [1.807, 2.05) is 49.4 Å². The largest absolute Gasteiger partial charge is 0.489 e. The third kappa shape index (κ3) is 3.83. The highest BCUT2D eigenvalue weighted by atomic mass is 16.5. The van der Waals surface area contributed by atoms with Gasteiger partial charge < -0.3 is 4.74 Å². The molecule has 116 valence electrons. The van der Waals surface area contributed by atoms with E-state index in [0.29, 0.717) is 12.2 Å². The van der Waals surface area contributed by atoms with Crippen LogP contribution in [0.1, 0.15) is 21.5 Å². The molecule has 0 N–H and O–H groups in total. The second-order valence-electron chi connectivity index (χ2n) is 5.27. The van der Waals surface area contributed by atoms with Crippen molar-refractivity contribution < 1.29 is 9.53 Å². The Bertz CT molecular complexity index is 783. The van der Waals surface area contributed by atoms with Crippen molar-refractivity contribution in [1.82, 2.24) is 14.8 Å². The van der Waals surface area contributed by atoms with Gasteiger partial charge in [-0.2, -0.15) is 5.10 Å². The molecule has 0 amide bonds. The molecular formula is C18H17N3O2. The van der Waals surface area contributed by atoms with Gasteiger partial charge in [-0.1, -0.05) is 30.3 Å². The van der Waals surface area contributed by atoms with Crippen LogP contribution in [0.4, 0.5) is 0 Å². The first kappa shape index (κ1) is 15.0. The summed E-state index contributed by atoms with van der Waals surface area (Å²) in [5, 5.41) is 3.95. The lowest BCUT2D eigenvalue weighted by Crippen LogP contribution is -2.12. The second-order valence-corrected chi connectivity index (χ2v) is 5.27. The number of Topliss-reactive ketones (excluding diaryl/α,β-unsaturated/α-hetero) is 1. The Labute approximate surface area is 134 Å². The number of ketones is 1. The van der Waals surface area contributed by atoms with Gasteiger partial charge in [-0.05, 0) is 36.2 Å². The zero-order chi connectivity index (χ0) is 16.1. The summed E-state index contributed by atoms with van der Waals surface area (Å²) < 4.78 is 7.29. The summed E-state index contributed by atoms with van der Waals surface area (Å²) in [5.41, 5.74) is 2.67. The van der Waals surface area contributed by atoms with Crippen LogP contribution in [0.3, 0.4) is 0 Å². The highest BCUT2D eigenvalue weighted by Crippen LogP contribution is 2.19. The van der Waals surface area contributed by atoms with Crippen molar-refractivity contribution in [2.45, 2.75) is 20.1 Å². The molecular weight excluding hydrogens is 290 g/mol. The van der Waals surface area contributed by atoms with Crippen molar-refractivity contribution in [2.24, 2.45) is 0 Å². The molecule has 0 radical (unpaired) electrons. The van der Waals surface area contributed by atoms with Crippen LogP contribution in [0.15, 0.2) is 61.2 Å². The first-order valence-corrected chi connectivity index (χ1v) is 7.35. The zero-order valence-corrected chi connectivity index (χ0v) is 12.8. The highest BCUT2D eigenvalue weighted by Gasteiger charge is 2.11. The summed E-state index contributed by atoms with van der Waals surface area (Å²) in [4.78, 5) is 16.1. The molecule has 23 heavy (non-hydrogen) atoms. The van der Waals surface area contributed by atoms with Gasteiger partial charge in [-0.15, -0.1) is 0 Å². The van der Waals surface area contributed by atoms with Crippen LogP contribution in [0.2, 0.25) is 0 Å². The molecule has 1 aromatic heterocycles. The van der Waals surface area contributed by atoms with Crippen molar-refractivity contribution >= 4 is 5.78 Å². The summed E-state index contributed by atoms with van der Waals surface area (Å²) >= 11 is 0. The molecule has 1 heterocycles. The zero-order valence-electron chi connectivity index (χ0n) is 12.8. The Morgan fingerprint density at radius 2 is 2.00 bits per heavy atom. The molecule has 0 saturated heterocycles. The van der Waals surface area contributed by atoms with Crippen LogP contribution in [-0.4, -0.2) is 20.5 Å². The van der Waals surface area contributed by atoms with E-state index in [9.17, 15) is 4.79 Å². The molecule has 2 aromatic carbocycles. The number of aromatic nitrogens is 3. The van der Waals surface area contributed by atoms with E-state index >= 15 is 0 Å². The Hall–Kier alpha value is -2.95. The fraction of sp³-hybridized carbons (Fsp3) is 0.167. The van der Waals surface area contributed by atoms with Crippen molar-refractivity contribution in [2.75, 3.05) is 0 Å². The minimum Gasteiger partial charge on any atom is -0.489 e. The summed E-state index contributed by atoms with van der Waals surface area (Å²) in [6.45, 7) is 2.60. The minimum absolute atomic E-state index is 0.00242. The van der Waals surface area contributed by atoms with Crippen molar-refractivity contribution in [1.29, 1.82) is 0 Å². The lowest BCUT2D eigenvalue weighted by molar-refractivity contribution is 0.0967. The van der Waals surface area contributed by atoms with Gasteiger partial charge in [-0.25, -0.2) is 9.67 Å². The Morgan fingerprint density at radius 3 is 2.70 bits per heavy atom. The van der Waals surface area contributed by atoms with E-state index < -0.39 is 0 Å². The molecule has 0 aliphatic rings. The van der Waals surface area contributed by atoms with Gasteiger partial charge in [0.25, 0.3) is 0 Å². The fourth-order valence-corrected chi connectivity index (χ4v) is 2.33. The maximum atomic E-state index is 12.3. The number of benzene rings is 2. The van der Waals surface area contributed by atoms with E-state index in [4.69, 9.17) is 4.74 Å². The van der Waals surface area contributed by atoms with Gasteiger partial charge in [0.2, 0.25) is 0 Å². The smallest absolute Gasteiger partial charge is 0.184 e. The molecule has 0 spiro atoms. The number of rotatable bonds is 6. The highest BCUT2D eigenvalue weighted by molar-refractivity contribution is 5.97. The van der Waals surface area contributed by atoms with E-state index in [1.165, 1.54) is 17.3 Å². The quantitative estimate of drug-likeness (QED) is 0.657. The molecule has 0 bridgehead atoms. The number of nitrogens with zero attached hydrogens (tertiary/aromatic N) is 3. The second kappa shape index (κ2) is 6.87. The molecule has 0 atom stereocenters. The molecule has 3 rings (SSSR count). The number of ether oxygens (including phenoxy) is 1. The lowest BCUT2D eigenvalue weighted by atomic mass is 10.0. The minimum atomic E-state index is 0.00242. The number of hydrogen-bond acceptors (Lipinski definition) is 4. The molecule has 5 nitrogen and oxygen atoms in total. The van der Waals surface area contributed by atoms with Crippen molar-refractivity contribution in [3.05, 3.63) is 77.9 Å². The van der Waals surface area contributed by atoms with Crippen LogP contribution in [-0.2, 0) is 13.2 Å². The summed E-state index contributed by atoms with van der Waals surface area (Å²) in [5.74, 6) is 0.756. The molecule has 0 fully saturated rings. The third-order valence-corrected chi connectivity index (χ3v) is 3.52. The molecule has 0 unspecified atom stereocenters. The maximum Gasteiger partial charge on any atom is 0.184 e. The van der Waals surface area contributed by atoms with E-state index in [1.54, 1.807) is 6.07 Å². The summed E-state index contributed by atoms with van der Waals surface area (Å²) in [7, 11) is 0. The first-order valence-electron chi connectivity index (χ1n) is 7.35. The Kier molecular flexibility index (Phi) is 4.47. The number of hydrogen-bond donors (Lipinski definition) is 0. The van der Waals surface area contributed by atoms with Crippen molar-refractivity contribution in [3.63, 3.8) is 0 Å². The number of aryl methyl sites for hydroxylation is 1. The lowest BCUT2D eigenvalue weighted by Gasteiger charge is -2.10. The van der Waals surface area contributed by atoms with Crippen LogP contribution in [0, 0.1) is 6.92 Å². The first-order chi connectivity index (χ1) is 11.2. The summed E-state index contributed by atoms with van der Waals surface area (Å²) in [6.07, 6.45) is 2.95. The average molecular weight is 307 g/mol. The Morgan fingerprint density at radius 1 is 1.17 bits per heavy atom. The van der Waals surface area contributed by atoms with Crippen LogP contribution in [0.5, 0.6) is 5.75 Å². The van der Waals surface area contributed by atoms with E-state index in [0.717, 1.165) is 16.9 Å². The van der Waals surface area contributed by atoms with Crippen LogP contribution < -0.4 is 4.74 Å². The van der Waals surface area contributed by atoms with E-state index in [-0.39, 0.29) is 12.3 Å². The monoisotopic (exact) mass is 307 g/mol. The van der Waals surface area contributed by atoms with Gasteiger partial charge >= 0.3 is 0 Å². The Balaban J connectivity index is 1.66. The SMILES string of the molecule is Cc1cc(OCc2ccccc2)ccc1C(=O)Cn1cncn1. The normalized spacial score (nSPS) is 10.5. The van der Waals surface area contributed by atoms with Crippen LogP contribution in [0.25, 0.3) is 0 Å². The standard InChI is InChI=1S/C18H17N3O2/c1-14-9-16(23-11-15-5-3-2-4-6-15)7-8-17(14)18(22)10-21-13-19-12-20-21/h2-9,12-13H,10-11H2,1H3. The van der Waals surface area contributed by atoms with Crippen molar-refractivity contribution in [3.8, 4) is 5.75 Å².